The van der Waals surface area contributed by atoms with Crippen LogP contribution in [-0.4, -0.2) is 9.97 Å². The minimum absolute atomic E-state index is 0. The van der Waals surface area contributed by atoms with E-state index in [1.807, 2.05) is 67.8 Å². The Morgan fingerprint density at radius 3 is 1.77 bits per heavy atom. The van der Waals surface area contributed by atoms with Gasteiger partial charge in [0.2, 0.25) is 0 Å². The van der Waals surface area contributed by atoms with Crippen molar-refractivity contribution in [3.05, 3.63) is 145 Å². The van der Waals surface area contributed by atoms with Gasteiger partial charge in [-0.05, 0) is 62.5 Å². The van der Waals surface area contributed by atoms with Gasteiger partial charge in [-0.25, -0.2) is 0 Å². The van der Waals surface area contributed by atoms with Crippen molar-refractivity contribution in [1.29, 1.82) is 0 Å². The monoisotopic (exact) mass is 731 g/mol. The van der Waals surface area contributed by atoms with Crippen LogP contribution in [-0.2, 0) is 21.1 Å². The summed E-state index contributed by atoms with van der Waals surface area (Å²) in [6, 6.07) is 46.5. The number of aromatic nitrogens is 2. The Labute approximate surface area is 265 Å². The van der Waals surface area contributed by atoms with Crippen LogP contribution in [0.3, 0.4) is 0 Å². The van der Waals surface area contributed by atoms with Crippen molar-refractivity contribution < 1.29 is 25.8 Å². The van der Waals surface area contributed by atoms with Gasteiger partial charge >= 0.3 is 21.1 Å². The van der Waals surface area contributed by atoms with Gasteiger partial charge in [0.1, 0.15) is 0 Å². The first kappa shape index (κ1) is 27.0. The molecule has 0 amide bonds. The number of fused-ring (bicyclic) bond motifs is 5. The number of ether oxygens (including phenoxy) is 1. The van der Waals surface area contributed by atoms with Crippen molar-refractivity contribution in [2.24, 2.45) is 0 Å². The van der Waals surface area contributed by atoms with E-state index in [1.54, 1.807) is 0 Å². The number of pyridine rings is 2. The number of hydrogen-bond donors (Lipinski definition) is 0. The Bertz CT molecular complexity index is 2130. The standard InChI is InChI=1S/C39H24N2O.Pt/c1-25-18-19-37(40-23-25)27-10-4-12-29(20-27)42-30-13-5-11-28(21-30)38-22-35-32-15-3-2-14-31(32)33-16-6-8-26-9-7-17-34(39(26)33)36(35)24-41-38;/h2-19,22-24H,1H3;/q-2;+2. The number of rotatable bonds is 4. The van der Waals surface area contributed by atoms with E-state index in [-0.39, 0.29) is 21.1 Å². The van der Waals surface area contributed by atoms with Crippen LogP contribution in [0.15, 0.2) is 128 Å². The Balaban J connectivity index is 0.00000300. The molecule has 43 heavy (non-hydrogen) atoms. The molecule has 3 nitrogen and oxygen atoms in total. The van der Waals surface area contributed by atoms with Crippen LogP contribution in [0.1, 0.15) is 5.56 Å². The van der Waals surface area contributed by atoms with E-state index in [1.165, 1.54) is 33.0 Å². The zero-order valence-electron chi connectivity index (χ0n) is 23.2. The molecule has 2 heterocycles. The van der Waals surface area contributed by atoms with Crippen molar-refractivity contribution in [2.75, 3.05) is 0 Å². The summed E-state index contributed by atoms with van der Waals surface area (Å²) in [6.45, 7) is 2.03. The van der Waals surface area contributed by atoms with Gasteiger partial charge in [-0.3, -0.25) is 0 Å². The summed E-state index contributed by atoms with van der Waals surface area (Å²) in [5, 5.41) is 2.50. The van der Waals surface area contributed by atoms with Crippen LogP contribution in [0.5, 0.6) is 11.5 Å². The zero-order chi connectivity index (χ0) is 28.0. The van der Waals surface area contributed by atoms with Gasteiger partial charge in [-0.1, -0.05) is 91.0 Å². The quantitative estimate of drug-likeness (QED) is 0.169. The molecule has 1 aliphatic carbocycles. The van der Waals surface area contributed by atoms with Gasteiger partial charge < -0.3 is 14.7 Å². The third-order valence-corrected chi connectivity index (χ3v) is 7.83. The van der Waals surface area contributed by atoms with Crippen LogP contribution in [0.4, 0.5) is 0 Å². The molecule has 1 aliphatic rings. The molecular weight excluding hydrogens is 708 g/mol. The fraction of sp³-hybridized carbons (Fsp3) is 0.0256. The molecule has 0 atom stereocenters. The fourth-order valence-electron chi connectivity index (χ4n) is 5.84. The molecule has 0 N–H and O–H groups in total. The van der Waals surface area contributed by atoms with Gasteiger partial charge in [-0.2, -0.15) is 0 Å². The molecule has 0 spiro atoms. The molecule has 0 bridgehead atoms. The molecule has 8 rings (SSSR count). The summed E-state index contributed by atoms with van der Waals surface area (Å²) < 4.78 is 6.23. The fourth-order valence-corrected chi connectivity index (χ4v) is 5.84. The summed E-state index contributed by atoms with van der Waals surface area (Å²) >= 11 is 0. The Morgan fingerprint density at radius 1 is 0.512 bits per heavy atom. The maximum atomic E-state index is 6.23. The maximum absolute atomic E-state index is 6.23. The van der Waals surface area contributed by atoms with Crippen molar-refractivity contribution >= 4 is 10.8 Å². The number of benzene rings is 5. The van der Waals surface area contributed by atoms with Gasteiger partial charge in [0.25, 0.3) is 0 Å². The normalized spacial score (nSPS) is 11.2. The smallest absolute Gasteiger partial charge is 0.497 e. The van der Waals surface area contributed by atoms with Crippen LogP contribution < -0.4 is 4.74 Å². The third kappa shape index (κ3) is 4.86. The summed E-state index contributed by atoms with van der Waals surface area (Å²) in [4.78, 5) is 9.47. The Morgan fingerprint density at radius 2 is 1.09 bits per heavy atom. The van der Waals surface area contributed by atoms with Crippen molar-refractivity contribution in [3.8, 4) is 67.4 Å². The Hall–Kier alpha value is -4.85. The second-order valence-corrected chi connectivity index (χ2v) is 10.6. The molecule has 7 aromatic rings. The van der Waals surface area contributed by atoms with Crippen LogP contribution in [0.25, 0.3) is 66.7 Å². The molecule has 0 radical (unpaired) electrons. The van der Waals surface area contributed by atoms with E-state index in [2.05, 4.69) is 83.8 Å². The molecule has 0 aliphatic heterocycles. The molecule has 0 saturated carbocycles. The second kappa shape index (κ2) is 11.1. The topological polar surface area (TPSA) is 35.0 Å². The van der Waals surface area contributed by atoms with Gasteiger partial charge in [-0.15, -0.1) is 47.5 Å². The summed E-state index contributed by atoms with van der Waals surface area (Å²) in [6.07, 6.45) is 3.87. The first-order valence-corrected chi connectivity index (χ1v) is 14.0. The summed E-state index contributed by atoms with van der Waals surface area (Å²) in [7, 11) is 0. The summed E-state index contributed by atoms with van der Waals surface area (Å²) in [5.41, 5.74) is 11.7. The average Bonchev–Trinajstić information content (AvgIpc) is 3.16. The molecule has 4 heteroatoms. The van der Waals surface area contributed by atoms with E-state index in [0.717, 1.165) is 39.2 Å². The van der Waals surface area contributed by atoms with Crippen molar-refractivity contribution in [1.82, 2.24) is 9.97 Å². The van der Waals surface area contributed by atoms with Crippen molar-refractivity contribution in [3.63, 3.8) is 0 Å². The Kier molecular flexibility index (Phi) is 6.97. The minimum atomic E-state index is 0. The largest absolute Gasteiger partial charge is 2.00 e. The van der Waals surface area contributed by atoms with E-state index in [4.69, 9.17) is 9.72 Å². The predicted molar refractivity (Wildman–Crippen MR) is 169 cm³/mol. The van der Waals surface area contributed by atoms with E-state index in [9.17, 15) is 0 Å². The number of aryl methyl sites for hydroxylation is 1. The van der Waals surface area contributed by atoms with Crippen LogP contribution >= 0.6 is 0 Å². The summed E-state index contributed by atoms with van der Waals surface area (Å²) in [5.74, 6) is 1.21. The second-order valence-electron chi connectivity index (χ2n) is 10.6. The first-order chi connectivity index (χ1) is 20.7. The molecule has 0 fully saturated rings. The first-order valence-electron chi connectivity index (χ1n) is 14.0. The molecule has 0 unspecified atom stereocenters. The van der Waals surface area contributed by atoms with Gasteiger partial charge in [0.15, 0.2) is 0 Å². The third-order valence-electron chi connectivity index (χ3n) is 7.83. The number of nitrogens with zero attached hydrogens (tertiary/aromatic N) is 2. The van der Waals surface area contributed by atoms with Gasteiger partial charge in [0, 0.05) is 29.5 Å². The van der Waals surface area contributed by atoms with Crippen LogP contribution in [0, 0.1) is 19.1 Å². The average molecular weight is 732 g/mol. The van der Waals surface area contributed by atoms with E-state index in [0.29, 0.717) is 11.5 Å². The molecule has 206 valence electrons. The molecule has 2 aromatic heterocycles. The minimum Gasteiger partial charge on any atom is -0.497 e. The van der Waals surface area contributed by atoms with Crippen molar-refractivity contribution in [2.45, 2.75) is 6.92 Å². The molecule has 5 aromatic carbocycles. The molecular formula is C39H24N2OPt. The maximum Gasteiger partial charge on any atom is 2.00 e. The number of hydrogen-bond acceptors (Lipinski definition) is 3. The SMILES string of the molecule is Cc1ccc(-c2[c-]c(Oc3[c-]c(-c4cc5c(cn4)-c4cccc6cccc(c46)-c4ccccc4-5)ccc3)ccc2)nc1.[Pt+2]. The molecule has 0 saturated heterocycles. The van der Waals surface area contributed by atoms with Gasteiger partial charge in [0.05, 0.1) is 0 Å². The van der Waals surface area contributed by atoms with E-state index >= 15 is 0 Å². The van der Waals surface area contributed by atoms with E-state index < -0.39 is 0 Å². The predicted octanol–water partition coefficient (Wildman–Crippen LogP) is 9.98. The zero-order valence-corrected chi connectivity index (χ0v) is 25.5. The van der Waals surface area contributed by atoms with Crippen LogP contribution in [0.2, 0.25) is 0 Å².